The Bertz CT molecular complexity index is 409. The molecule has 0 amide bonds. The zero-order chi connectivity index (χ0) is 17.5. The van der Waals surface area contributed by atoms with Gasteiger partial charge >= 0.3 is 5.97 Å². The number of epoxide rings is 1. The van der Waals surface area contributed by atoms with Crippen LogP contribution in [0.5, 0.6) is 0 Å². The van der Waals surface area contributed by atoms with Crippen LogP contribution in [0.25, 0.3) is 0 Å². The molecule has 0 aromatic heterocycles. The van der Waals surface area contributed by atoms with Crippen molar-refractivity contribution in [3.8, 4) is 0 Å². The second-order valence-electron chi connectivity index (χ2n) is 6.30. The molecule has 0 spiro atoms. The Morgan fingerprint density at radius 2 is 1.54 bits per heavy atom. The maximum atomic E-state index is 10.9. The van der Waals surface area contributed by atoms with E-state index in [0.29, 0.717) is 18.6 Å². The molecule has 1 fully saturated rings. The van der Waals surface area contributed by atoms with E-state index in [2.05, 4.69) is 48.1 Å². The average Bonchev–Trinajstić information content (AvgIpc) is 3.34. The summed E-state index contributed by atoms with van der Waals surface area (Å²) in [5.41, 5.74) is 0. The van der Waals surface area contributed by atoms with Crippen molar-refractivity contribution >= 4 is 5.97 Å². The Morgan fingerprint density at radius 3 is 2.25 bits per heavy atom. The van der Waals surface area contributed by atoms with Crippen molar-refractivity contribution in [3.05, 3.63) is 36.5 Å². The van der Waals surface area contributed by atoms with Crippen LogP contribution in [0.4, 0.5) is 0 Å². The van der Waals surface area contributed by atoms with Gasteiger partial charge in [-0.15, -0.1) is 0 Å². The molecule has 3 heteroatoms. The molecule has 1 saturated heterocycles. The molecule has 0 unspecified atom stereocenters. The SMILES string of the molecule is CCCCC/C=C\C[C@@H]1O[C@H]1C/C=C\C/C=C\CCCC(=O)OC. The molecule has 1 rings (SSSR count). The van der Waals surface area contributed by atoms with Crippen molar-refractivity contribution in [1.82, 2.24) is 0 Å². The molecule has 1 heterocycles. The van der Waals surface area contributed by atoms with Gasteiger partial charge < -0.3 is 9.47 Å². The average molecular weight is 335 g/mol. The van der Waals surface area contributed by atoms with Gasteiger partial charge in [-0.3, -0.25) is 4.79 Å². The summed E-state index contributed by atoms with van der Waals surface area (Å²) < 4.78 is 10.3. The molecule has 1 aliphatic rings. The molecule has 3 nitrogen and oxygen atoms in total. The smallest absolute Gasteiger partial charge is 0.305 e. The molecule has 0 N–H and O–H groups in total. The molecule has 0 aromatic rings. The van der Waals surface area contributed by atoms with Crippen molar-refractivity contribution in [2.45, 2.75) is 83.3 Å². The van der Waals surface area contributed by atoms with Gasteiger partial charge in [0.15, 0.2) is 0 Å². The van der Waals surface area contributed by atoms with Gasteiger partial charge in [-0.1, -0.05) is 56.2 Å². The number of carbonyl (C=O) groups is 1. The first-order chi connectivity index (χ1) is 11.8. The topological polar surface area (TPSA) is 38.8 Å². The number of rotatable bonds is 14. The monoisotopic (exact) mass is 334 g/mol. The number of methoxy groups -OCH3 is 1. The van der Waals surface area contributed by atoms with E-state index >= 15 is 0 Å². The summed E-state index contributed by atoms with van der Waals surface area (Å²) >= 11 is 0. The molecule has 24 heavy (non-hydrogen) atoms. The highest BCUT2D eigenvalue weighted by molar-refractivity contribution is 5.69. The normalized spacial score (nSPS) is 20.4. The van der Waals surface area contributed by atoms with Crippen LogP contribution in [0.3, 0.4) is 0 Å². The van der Waals surface area contributed by atoms with Crippen molar-refractivity contribution in [3.63, 3.8) is 0 Å². The molecule has 136 valence electrons. The Labute approximate surface area is 147 Å². The number of hydrogen-bond donors (Lipinski definition) is 0. The minimum absolute atomic E-state index is 0.127. The highest BCUT2D eigenvalue weighted by Crippen LogP contribution is 2.29. The third kappa shape index (κ3) is 11.2. The van der Waals surface area contributed by atoms with E-state index in [0.717, 1.165) is 32.1 Å². The molecule has 0 radical (unpaired) electrons. The molecule has 2 atom stereocenters. The van der Waals surface area contributed by atoms with E-state index in [1.54, 1.807) is 0 Å². The molecular formula is C21H34O3. The lowest BCUT2D eigenvalue weighted by Crippen LogP contribution is -1.98. The number of hydrogen-bond acceptors (Lipinski definition) is 3. The molecular weight excluding hydrogens is 300 g/mol. The van der Waals surface area contributed by atoms with Crippen LogP contribution in [0.15, 0.2) is 36.5 Å². The maximum absolute atomic E-state index is 10.9. The van der Waals surface area contributed by atoms with E-state index in [1.807, 2.05) is 0 Å². The predicted octanol–water partition coefficient (Wildman–Crippen LogP) is 5.52. The summed E-state index contributed by atoms with van der Waals surface area (Å²) in [7, 11) is 1.43. The number of esters is 1. The third-order valence-corrected chi connectivity index (χ3v) is 4.15. The summed E-state index contributed by atoms with van der Waals surface area (Å²) in [6, 6.07) is 0. The molecule has 0 bridgehead atoms. The molecule has 0 aromatic carbocycles. The largest absolute Gasteiger partial charge is 0.469 e. The quantitative estimate of drug-likeness (QED) is 0.182. The first-order valence-electron chi connectivity index (χ1n) is 9.45. The van der Waals surface area contributed by atoms with Crippen LogP contribution in [0.1, 0.15) is 71.1 Å². The highest BCUT2D eigenvalue weighted by atomic mass is 16.6. The number of unbranched alkanes of at least 4 members (excludes halogenated alkanes) is 4. The standard InChI is InChI=1S/C21H34O3/c1-3-4-5-6-10-13-16-19-20(24-19)17-14-11-8-7-9-12-15-18-21(22)23-2/h7,9-11,13-14,19-20H,3-6,8,12,15-18H2,1-2H3/b9-7-,13-10-,14-11-/t19-,20-/m0/s1. The van der Waals surface area contributed by atoms with Crippen molar-refractivity contribution in [2.75, 3.05) is 7.11 Å². The molecule has 0 aliphatic carbocycles. The first-order valence-corrected chi connectivity index (χ1v) is 9.45. The van der Waals surface area contributed by atoms with Crippen LogP contribution in [-0.2, 0) is 14.3 Å². The van der Waals surface area contributed by atoms with Crippen LogP contribution in [0.2, 0.25) is 0 Å². The van der Waals surface area contributed by atoms with Gasteiger partial charge in [0.05, 0.1) is 19.3 Å². The van der Waals surface area contributed by atoms with Gasteiger partial charge in [-0.25, -0.2) is 0 Å². The van der Waals surface area contributed by atoms with Gasteiger partial charge in [0.2, 0.25) is 0 Å². The van der Waals surface area contributed by atoms with Gasteiger partial charge in [0.25, 0.3) is 0 Å². The van der Waals surface area contributed by atoms with Gasteiger partial charge in [0, 0.05) is 6.42 Å². The minimum Gasteiger partial charge on any atom is -0.469 e. The Hall–Kier alpha value is -1.35. The fourth-order valence-corrected chi connectivity index (χ4v) is 2.54. The Morgan fingerprint density at radius 1 is 0.917 bits per heavy atom. The summed E-state index contributed by atoms with van der Waals surface area (Å²) in [6.45, 7) is 2.24. The van der Waals surface area contributed by atoms with Crippen LogP contribution in [-0.4, -0.2) is 25.3 Å². The third-order valence-electron chi connectivity index (χ3n) is 4.15. The Balaban J connectivity index is 1.92. The van der Waals surface area contributed by atoms with E-state index in [1.165, 1.54) is 32.8 Å². The highest BCUT2D eigenvalue weighted by Gasteiger charge is 2.35. The van der Waals surface area contributed by atoms with Crippen LogP contribution in [0, 0.1) is 0 Å². The maximum Gasteiger partial charge on any atom is 0.305 e. The van der Waals surface area contributed by atoms with E-state index in [4.69, 9.17) is 4.74 Å². The fourth-order valence-electron chi connectivity index (χ4n) is 2.54. The molecule has 1 aliphatic heterocycles. The summed E-state index contributed by atoms with van der Waals surface area (Å²) in [5.74, 6) is -0.127. The van der Waals surface area contributed by atoms with Crippen molar-refractivity contribution < 1.29 is 14.3 Å². The fraction of sp³-hybridized carbons (Fsp3) is 0.667. The predicted molar refractivity (Wildman–Crippen MR) is 99.9 cm³/mol. The first kappa shape index (κ1) is 20.7. The zero-order valence-corrected chi connectivity index (χ0v) is 15.4. The van der Waals surface area contributed by atoms with Gasteiger partial charge in [0.1, 0.15) is 0 Å². The van der Waals surface area contributed by atoms with Gasteiger partial charge in [-0.05, 0) is 44.9 Å². The second-order valence-corrected chi connectivity index (χ2v) is 6.30. The summed E-state index contributed by atoms with van der Waals surface area (Å²) in [4.78, 5) is 10.9. The summed E-state index contributed by atoms with van der Waals surface area (Å²) in [6.07, 6.45) is 24.6. The van der Waals surface area contributed by atoms with Gasteiger partial charge in [-0.2, -0.15) is 0 Å². The van der Waals surface area contributed by atoms with E-state index < -0.39 is 0 Å². The summed E-state index contributed by atoms with van der Waals surface area (Å²) in [5, 5.41) is 0. The number of carbonyl (C=O) groups excluding carboxylic acids is 1. The molecule has 0 saturated carbocycles. The van der Waals surface area contributed by atoms with E-state index in [-0.39, 0.29) is 5.97 Å². The van der Waals surface area contributed by atoms with Crippen LogP contribution < -0.4 is 0 Å². The lowest BCUT2D eigenvalue weighted by molar-refractivity contribution is -0.140. The second kappa shape index (κ2) is 14.0. The lowest BCUT2D eigenvalue weighted by Gasteiger charge is -1.95. The number of ether oxygens (including phenoxy) is 2. The Kier molecular flexibility index (Phi) is 12.1. The van der Waals surface area contributed by atoms with E-state index in [9.17, 15) is 4.79 Å². The van der Waals surface area contributed by atoms with Crippen LogP contribution >= 0.6 is 0 Å². The van der Waals surface area contributed by atoms with Crippen molar-refractivity contribution in [1.29, 1.82) is 0 Å². The minimum atomic E-state index is -0.127. The zero-order valence-electron chi connectivity index (χ0n) is 15.4. The number of allylic oxidation sites excluding steroid dienone is 4. The van der Waals surface area contributed by atoms with Crippen molar-refractivity contribution in [2.24, 2.45) is 0 Å². The lowest BCUT2D eigenvalue weighted by atomic mass is 10.1.